The zero-order valence-corrected chi connectivity index (χ0v) is 23.9. The van der Waals surface area contributed by atoms with Gasteiger partial charge < -0.3 is 19.3 Å². The number of nitrogens with zero attached hydrogens (tertiary/aromatic N) is 4. The number of nitrogens with one attached hydrogen (secondary N) is 2. The van der Waals surface area contributed by atoms with Gasteiger partial charge in [0.2, 0.25) is 5.88 Å². The molecule has 0 saturated carbocycles. The summed E-state index contributed by atoms with van der Waals surface area (Å²) in [6.07, 6.45) is 0.628. The molecule has 1 atom stereocenters. The second-order valence-electron chi connectivity index (χ2n) is 10.6. The molecular formula is C31H41FN6O3. The molecule has 0 amide bonds. The van der Waals surface area contributed by atoms with E-state index in [9.17, 15) is 4.39 Å². The summed E-state index contributed by atoms with van der Waals surface area (Å²) in [6.45, 7) is 12.1. The molecule has 3 heterocycles. The van der Waals surface area contributed by atoms with Gasteiger partial charge in [-0.15, -0.1) is 0 Å². The van der Waals surface area contributed by atoms with Gasteiger partial charge in [-0.2, -0.15) is 0 Å². The van der Waals surface area contributed by atoms with E-state index >= 15 is 0 Å². The molecule has 1 unspecified atom stereocenters. The predicted octanol–water partition coefficient (Wildman–Crippen LogP) is 3.85. The molecule has 0 spiro atoms. The summed E-state index contributed by atoms with van der Waals surface area (Å²) in [6, 6.07) is 17.0. The van der Waals surface area contributed by atoms with E-state index in [0.717, 1.165) is 89.1 Å². The Morgan fingerprint density at radius 1 is 0.951 bits per heavy atom. The topological polar surface area (TPSA) is 87.4 Å². The minimum atomic E-state index is -0.218. The largest absolute Gasteiger partial charge is 0.379 e. The van der Waals surface area contributed by atoms with Gasteiger partial charge in [-0.25, -0.2) is 4.39 Å². The molecule has 0 radical (unpaired) electrons. The van der Waals surface area contributed by atoms with Crippen LogP contribution in [0.3, 0.4) is 0 Å². The van der Waals surface area contributed by atoms with Gasteiger partial charge in [-0.1, -0.05) is 54.5 Å². The number of benzene rings is 2. The molecule has 5 rings (SSSR count). The highest BCUT2D eigenvalue weighted by Crippen LogP contribution is 2.28. The SMILES string of the molecule is CC(Cc1cc(NC(=NCCN2CCOCC2)NCCN2CCOCC2)on1)c1ccc(-c2ccccc2)c(F)c1. The van der Waals surface area contributed by atoms with Gasteiger partial charge in [0.15, 0.2) is 5.96 Å². The third-order valence-corrected chi connectivity index (χ3v) is 7.58. The first-order valence-corrected chi connectivity index (χ1v) is 14.6. The van der Waals surface area contributed by atoms with E-state index < -0.39 is 0 Å². The Morgan fingerprint density at radius 2 is 1.66 bits per heavy atom. The first-order chi connectivity index (χ1) is 20.1. The Kier molecular flexibility index (Phi) is 10.7. The highest BCUT2D eigenvalue weighted by atomic mass is 19.1. The fraction of sp³-hybridized carbons (Fsp3) is 0.484. The average molecular weight is 565 g/mol. The number of rotatable bonds is 11. The maximum absolute atomic E-state index is 14.9. The zero-order chi connectivity index (χ0) is 28.3. The minimum absolute atomic E-state index is 0.0700. The van der Waals surface area contributed by atoms with Crippen molar-refractivity contribution >= 4 is 11.8 Å². The smallest absolute Gasteiger partial charge is 0.231 e. The summed E-state index contributed by atoms with van der Waals surface area (Å²) in [7, 11) is 0. The van der Waals surface area contributed by atoms with Crippen LogP contribution in [0.1, 0.15) is 24.1 Å². The third-order valence-electron chi connectivity index (χ3n) is 7.58. The lowest BCUT2D eigenvalue weighted by atomic mass is 9.94. The summed E-state index contributed by atoms with van der Waals surface area (Å²) in [5.74, 6) is 1.05. The van der Waals surface area contributed by atoms with E-state index in [0.29, 0.717) is 30.4 Å². The molecule has 2 fully saturated rings. The fourth-order valence-corrected chi connectivity index (χ4v) is 5.13. The van der Waals surface area contributed by atoms with Crippen LogP contribution in [0, 0.1) is 5.82 Å². The molecule has 3 aromatic rings. The zero-order valence-electron chi connectivity index (χ0n) is 23.9. The maximum atomic E-state index is 14.9. The van der Waals surface area contributed by atoms with Crippen molar-refractivity contribution in [2.24, 2.45) is 4.99 Å². The van der Waals surface area contributed by atoms with Gasteiger partial charge in [0.05, 0.1) is 38.7 Å². The van der Waals surface area contributed by atoms with E-state index in [1.165, 1.54) is 0 Å². The lowest BCUT2D eigenvalue weighted by molar-refractivity contribution is 0.0389. The van der Waals surface area contributed by atoms with Crippen LogP contribution in [0.2, 0.25) is 0 Å². The van der Waals surface area contributed by atoms with Gasteiger partial charge in [-0.05, 0) is 29.5 Å². The second kappa shape index (κ2) is 15.1. The van der Waals surface area contributed by atoms with Gasteiger partial charge in [0.25, 0.3) is 0 Å². The first-order valence-electron chi connectivity index (χ1n) is 14.6. The van der Waals surface area contributed by atoms with Crippen molar-refractivity contribution in [3.63, 3.8) is 0 Å². The van der Waals surface area contributed by atoms with E-state index in [1.54, 1.807) is 6.07 Å². The summed E-state index contributed by atoms with van der Waals surface area (Å²) in [5.41, 5.74) is 3.21. The lowest BCUT2D eigenvalue weighted by Gasteiger charge is -2.27. The van der Waals surface area contributed by atoms with Gasteiger partial charge in [0, 0.05) is 57.4 Å². The van der Waals surface area contributed by atoms with Crippen LogP contribution in [0.4, 0.5) is 10.3 Å². The third kappa shape index (κ3) is 8.84. The van der Waals surface area contributed by atoms with Crippen molar-refractivity contribution in [1.82, 2.24) is 20.3 Å². The number of anilines is 1. The molecule has 0 aliphatic carbocycles. The van der Waals surface area contributed by atoms with E-state index in [1.807, 2.05) is 48.5 Å². The standard InChI is InChI=1S/C31H41FN6O3/c1-24(26-7-8-28(29(32)22-26)25-5-3-2-4-6-25)21-27-23-30(41-36-27)35-31(33-9-11-37-13-17-39-18-14-37)34-10-12-38-15-19-40-20-16-38/h2-8,22-24H,9-21H2,1H3,(H2,33,34,35). The molecule has 41 heavy (non-hydrogen) atoms. The lowest BCUT2D eigenvalue weighted by Crippen LogP contribution is -2.43. The highest BCUT2D eigenvalue weighted by molar-refractivity contribution is 5.92. The summed E-state index contributed by atoms with van der Waals surface area (Å²) >= 11 is 0. The van der Waals surface area contributed by atoms with Crippen LogP contribution < -0.4 is 10.6 Å². The summed E-state index contributed by atoms with van der Waals surface area (Å²) < 4.78 is 31.5. The van der Waals surface area contributed by atoms with Crippen molar-refractivity contribution in [2.45, 2.75) is 19.3 Å². The highest BCUT2D eigenvalue weighted by Gasteiger charge is 2.16. The minimum Gasteiger partial charge on any atom is -0.379 e. The predicted molar refractivity (Wildman–Crippen MR) is 159 cm³/mol. The summed E-state index contributed by atoms with van der Waals surface area (Å²) in [4.78, 5) is 9.54. The molecule has 0 bridgehead atoms. The van der Waals surface area contributed by atoms with Gasteiger partial charge in [-0.3, -0.25) is 20.1 Å². The van der Waals surface area contributed by atoms with Gasteiger partial charge >= 0.3 is 0 Å². The molecule has 10 heteroatoms. The first kappa shape index (κ1) is 29.2. The molecule has 9 nitrogen and oxygen atoms in total. The fourth-order valence-electron chi connectivity index (χ4n) is 5.13. The maximum Gasteiger partial charge on any atom is 0.231 e. The molecule has 1 aromatic heterocycles. The van der Waals surface area contributed by atoms with Crippen molar-refractivity contribution in [2.75, 3.05) is 84.1 Å². The number of hydrogen-bond donors (Lipinski definition) is 2. The molecule has 2 aromatic carbocycles. The quantitative estimate of drug-likeness (QED) is 0.268. The van der Waals surface area contributed by atoms with Crippen molar-refractivity contribution < 1.29 is 18.4 Å². The molecule has 220 valence electrons. The molecule has 2 aliphatic rings. The Balaban J connectivity index is 1.17. The number of aromatic nitrogens is 1. The molecule has 2 N–H and O–H groups in total. The van der Waals surface area contributed by atoms with Crippen LogP contribution in [-0.2, 0) is 15.9 Å². The number of guanidine groups is 1. The Morgan fingerprint density at radius 3 is 2.37 bits per heavy atom. The number of aliphatic imine (C=N–C) groups is 1. The Hall–Kier alpha value is -3.31. The van der Waals surface area contributed by atoms with Crippen molar-refractivity contribution in [3.8, 4) is 11.1 Å². The van der Waals surface area contributed by atoms with Crippen LogP contribution in [0.5, 0.6) is 0 Å². The van der Waals surface area contributed by atoms with Gasteiger partial charge in [0.1, 0.15) is 5.82 Å². The van der Waals surface area contributed by atoms with Crippen LogP contribution in [0.25, 0.3) is 11.1 Å². The number of morpholine rings is 2. The average Bonchev–Trinajstić information content (AvgIpc) is 3.45. The second-order valence-corrected chi connectivity index (χ2v) is 10.6. The molecule has 2 saturated heterocycles. The Labute approximate surface area is 241 Å². The Bertz CT molecular complexity index is 1240. The molecule has 2 aliphatic heterocycles. The van der Waals surface area contributed by atoms with Crippen molar-refractivity contribution in [1.29, 1.82) is 0 Å². The van der Waals surface area contributed by atoms with Crippen LogP contribution >= 0.6 is 0 Å². The molecular weight excluding hydrogens is 523 g/mol. The number of halogens is 1. The summed E-state index contributed by atoms with van der Waals surface area (Å²) in [5, 5.41) is 11.0. The number of ether oxygens (including phenoxy) is 2. The normalized spacial score (nSPS) is 17.9. The van der Waals surface area contributed by atoms with Crippen LogP contribution in [0.15, 0.2) is 64.1 Å². The number of hydrogen-bond acceptors (Lipinski definition) is 7. The van der Waals surface area contributed by atoms with E-state index in [2.05, 4.69) is 32.5 Å². The van der Waals surface area contributed by atoms with Crippen molar-refractivity contribution in [3.05, 3.63) is 71.7 Å². The monoisotopic (exact) mass is 564 g/mol. The van der Waals surface area contributed by atoms with Crippen LogP contribution in [-0.4, -0.2) is 99.7 Å². The van der Waals surface area contributed by atoms with E-state index in [4.69, 9.17) is 19.0 Å². The van der Waals surface area contributed by atoms with E-state index in [-0.39, 0.29) is 11.7 Å².